The second kappa shape index (κ2) is 6.75. The molecular formula is C10H17NO4S. The van der Waals surface area contributed by atoms with E-state index in [9.17, 15) is 9.59 Å². The molecule has 0 saturated carbocycles. The van der Waals surface area contributed by atoms with Crippen LogP contribution < -0.4 is 5.32 Å². The van der Waals surface area contributed by atoms with E-state index in [2.05, 4.69) is 17.9 Å². The van der Waals surface area contributed by atoms with Crippen LogP contribution in [0.5, 0.6) is 0 Å². The minimum Gasteiger partial charge on any atom is -0.480 e. The summed E-state index contributed by atoms with van der Waals surface area (Å²) in [4.78, 5) is 22.6. The van der Waals surface area contributed by atoms with Crippen LogP contribution in [-0.4, -0.2) is 42.0 Å². The molecule has 0 aromatic carbocycles. The summed E-state index contributed by atoms with van der Waals surface area (Å²) in [5, 5.41) is 11.4. The monoisotopic (exact) mass is 247 g/mol. The fourth-order valence-corrected chi connectivity index (χ4v) is 1.89. The Morgan fingerprint density at radius 3 is 2.56 bits per heavy atom. The van der Waals surface area contributed by atoms with Gasteiger partial charge in [0, 0.05) is 19.1 Å². The van der Waals surface area contributed by atoms with Crippen molar-refractivity contribution in [3.63, 3.8) is 0 Å². The summed E-state index contributed by atoms with van der Waals surface area (Å²) in [6, 6.07) is -0.826. The molecule has 0 aromatic heterocycles. The number of aliphatic carboxylic acids is 1. The van der Waals surface area contributed by atoms with Crippen molar-refractivity contribution in [2.24, 2.45) is 5.92 Å². The maximum atomic E-state index is 11.7. The van der Waals surface area contributed by atoms with Gasteiger partial charge in [-0.1, -0.05) is 0 Å². The van der Waals surface area contributed by atoms with Gasteiger partial charge in [0.1, 0.15) is 6.04 Å². The Labute approximate surface area is 100.0 Å². The number of hydrogen-bond acceptors (Lipinski definition) is 4. The minimum absolute atomic E-state index is 0.115. The summed E-state index contributed by atoms with van der Waals surface area (Å²) in [6.07, 6.45) is 1.67. The van der Waals surface area contributed by atoms with Crippen LogP contribution in [0.4, 0.5) is 0 Å². The normalized spacial score (nSPS) is 19.1. The van der Waals surface area contributed by atoms with Gasteiger partial charge in [0.15, 0.2) is 0 Å². The third-order valence-electron chi connectivity index (χ3n) is 2.62. The van der Waals surface area contributed by atoms with Crippen molar-refractivity contribution in [3.05, 3.63) is 0 Å². The Hall–Kier alpha value is -0.750. The lowest BCUT2D eigenvalue weighted by atomic mass is 9.99. The van der Waals surface area contributed by atoms with E-state index >= 15 is 0 Å². The van der Waals surface area contributed by atoms with Crippen molar-refractivity contribution in [1.82, 2.24) is 5.32 Å². The molecule has 1 saturated heterocycles. The molecule has 1 amide bonds. The van der Waals surface area contributed by atoms with E-state index in [4.69, 9.17) is 9.84 Å². The zero-order chi connectivity index (χ0) is 12.0. The molecule has 1 atom stereocenters. The average molecular weight is 247 g/mol. The highest BCUT2D eigenvalue weighted by molar-refractivity contribution is 7.80. The topological polar surface area (TPSA) is 75.6 Å². The second-order valence-electron chi connectivity index (χ2n) is 3.80. The minimum atomic E-state index is -1.01. The summed E-state index contributed by atoms with van der Waals surface area (Å²) < 4.78 is 5.14. The van der Waals surface area contributed by atoms with Crippen LogP contribution in [0.15, 0.2) is 0 Å². The van der Waals surface area contributed by atoms with Gasteiger partial charge in [-0.25, -0.2) is 4.79 Å². The predicted molar refractivity (Wildman–Crippen MR) is 61.6 cm³/mol. The van der Waals surface area contributed by atoms with Crippen molar-refractivity contribution in [1.29, 1.82) is 0 Å². The number of ether oxygens (including phenoxy) is 1. The van der Waals surface area contributed by atoms with Gasteiger partial charge in [-0.15, -0.1) is 0 Å². The molecular weight excluding hydrogens is 230 g/mol. The molecule has 6 heteroatoms. The molecule has 16 heavy (non-hydrogen) atoms. The first-order valence-corrected chi connectivity index (χ1v) is 6.00. The van der Waals surface area contributed by atoms with Crippen LogP contribution >= 0.6 is 12.6 Å². The lowest BCUT2D eigenvalue weighted by molar-refractivity contribution is -0.143. The van der Waals surface area contributed by atoms with Gasteiger partial charge < -0.3 is 15.2 Å². The lowest BCUT2D eigenvalue weighted by Gasteiger charge is -2.23. The van der Waals surface area contributed by atoms with Crippen LogP contribution in [0.3, 0.4) is 0 Å². The van der Waals surface area contributed by atoms with Crippen LogP contribution in [-0.2, 0) is 14.3 Å². The van der Waals surface area contributed by atoms with Gasteiger partial charge in [0.05, 0.1) is 0 Å². The number of carbonyl (C=O) groups excluding carboxylic acids is 1. The number of rotatable bonds is 5. The van der Waals surface area contributed by atoms with Crippen molar-refractivity contribution >= 4 is 24.5 Å². The van der Waals surface area contributed by atoms with E-state index in [1.54, 1.807) is 0 Å². The van der Waals surface area contributed by atoms with E-state index in [-0.39, 0.29) is 11.8 Å². The van der Waals surface area contributed by atoms with E-state index in [0.29, 0.717) is 38.2 Å². The SMILES string of the molecule is O=C(NC(CCS)C(=O)O)C1CCOCC1. The van der Waals surface area contributed by atoms with E-state index < -0.39 is 12.0 Å². The molecule has 1 aliphatic heterocycles. The first kappa shape index (κ1) is 13.3. The largest absolute Gasteiger partial charge is 0.480 e. The third kappa shape index (κ3) is 4.02. The Kier molecular flexibility index (Phi) is 5.62. The molecule has 0 bridgehead atoms. The summed E-state index contributed by atoms with van der Waals surface area (Å²) in [5.74, 6) is -0.868. The summed E-state index contributed by atoms with van der Waals surface area (Å²) in [5.41, 5.74) is 0. The zero-order valence-corrected chi connectivity index (χ0v) is 9.91. The van der Waals surface area contributed by atoms with Crippen LogP contribution in [0.1, 0.15) is 19.3 Å². The molecule has 0 aromatic rings. The molecule has 1 rings (SSSR count). The van der Waals surface area contributed by atoms with Crippen molar-refractivity contribution in [2.75, 3.05) is 19.0 Å². The number of hydrogen-bond donors (Lipinski definition) is 3. The lowest BCUT2D eigenvalue weighted by Crippen LogP contribution is -2.45. The average Bonchev–Trinajstić information content (AvgIpc) is 2.29. The van der Waals surface area contributed by atoms with Gasteiger partial charge in [-0.3, -0.25) is 4.79 Å². The van der Waals surface area contributed by atoms with Gasteiger partial charge in [-0.05, 0) is 25.0 Å². The maximum absolute atomic E-state index is 11.7. The van der Waals surface area contributed by atoms with Gasteiger partial charge in [0.2, 0.25) is 5.91 Å². The molecule has 1 aliphatic rings. The Bertz CT molecular complexity index is 253. The highest BCUT2D eigenvalue weighted by atomic mass is 32.1. The number of nitrogens with one attached hydrogen (secondary N) is 1. The predicted octanol–water partition coefficient (Wildman–Crippen LogP) is 0.302. The Balaban J connectivity index is 2.43. The number of carbonyl (C=O) groups is 2. The molecule has 1 heterocycles. The van der Waals surface area contributed by atoms with Crippen molar-refractivity contribution in [2.45, 2.75) is 25.3 Å². The quantitative estimate of drug-likeness (QED) is 0.611. The van der Waals surface area contributed by atoms with Gasteiger partial charge in [-0.2, -0.15) is 12.6 Å². The standard InChI is InChI=1S/C10H17NO4S/c12-9(7-1-4-15-5-2-7)11-8(3-6-16)10(13)14/h7-8,16H,1-6H2,(H,11,12)(H,13,14). The molecule has 0 aliphatic carbocycles. The zero-order valence-electron chi connectivity index (χ0n) is 9.02. The summed E-state index contributed by atoms with van der Waals surface area (Å²) in [6.45, 7) is 1.14. The number of carboxylic acid groups (broad SMARTS) is 1. The first-order valence-electron chi connectivity index (χ1n) is 5.37. The molecule has 92 valence electrons. The maximum Gasteiger partial charge on any atom is 0.326 e. The molecule has 1 unspecified atom stereocenters. The fourth-order valence-electron chi connectivity index (χ4n) is 1.64. The van der Waals surface area contributed by atoms with Gasteiger partial charge in [0.25, 0.3) is 0 Å². The second-order valence-corrected chi connectivity index (χ2v) is 4.25. The van der Waals surface area contributed by atoms with Crippen LogP contribution in [0, 0.1) is 5.92 Å². The fraction of sp³-hybridized carbons (Fsp3) is 0.800. The molecule has 2 N–H and O–H groups in total. The highest BCUT2D eigenvalue weighted by Crippen LogP contribution is 2.15. The molecule has 5 nitrogen and oxygen atoms in total. The first-order chi connectivity index (χ1) is 7.65. The Morgan fingerprint density at radius 2 is 2.06 bits per heavy atom. The number of carboxylic acids is 1. The summed E-state index contributed by atoms with van der Waals surface area (Å²) in [7, 11) is 0. The van der Waals surface area contributed by atoms with Gasteiger partial charge >= 0.3 is 5.97 Å². The van der Waals surface area contributed by atoms with Crippen molar-refractivity contribution in [3.8, 4) is 0 Å². The number of amides is 1. The van der Waals surface area contributed by atoms with Crippen LogP contribution in [0.2, 0.25) is 0 Å². The summed E-state index contributed by atoms with van der Waals surface area (Å²) >= 11 is 3.97. The van der Waals surface area contributed by atoms with Crippen LogP contribution in [0.25, 0.3) is 0 Å². The smallest absolute Gasteiger partial charge is 0.326 e. The van der Waals surface area contributed by atoms with Crippen molar-refractivity contribution < 1.29 is 19.4 Å². The van der Waals surface area contributed by atoms with E-state index in [0.717, 1.165) is 0 Å². The molecule has 0 radical (unpaired) electrons. The highest BCUT2D eigenvalue weighted by Gasteiger charge is 2.26. The Morgan fingerprint density at radius 1 is 1.44 bits per heavy atom. The number of thiol groups is 1. The van der Waals surface area contributed by atoms with E-state index in [1.807, 2.05) is 0 Å². The third-order valence-corrected chi connectivity index (χ3v) is 2.88. The molecule has 1 fully saturated rings. The van der Waals surface area contributed by atoms with E-state index in [1.165, 1.54) is 0 Å². The molecule has 0 spiro atoms.